The van der Waals surface area contributed by atoms with Crippen LogP contribution in [-0.2, 0) is 0 Å². The highest BCUT2D eigenvalue weighted by Gasteiger charge is 2.19. The number of fused-ring (bicyclic) bond motifs is 3. The molecule has 292 valence electrons. The molecule has 0 amide bonds. The molecule has 5 nitrogen and oxygen atoms in total. The molecule has 0 radical (unpaired) electrons. The molecule has 62 heavy (non-hydrogen) atoms. The van der Waals surface area contributed by atoms with Gasteiger partial charge >= 0.3 is 0 Å². The van der Waals surface area contributed by atoms with E-state index in [4.69, 9.17) is 18.1 Å². The molecule has 0 fully saturated rings. The van der Waals surface area contributed by atoms with Crippen molar-refractivity contribution < 1.29 is 18.1 Å². The van der Waals surface area contributed by atoms with E-state index >= 15 is 0 Å². The predicted molar refractivity (Wildman–Crippen MR) is 254 cm³/mol. The lowest BCUT2D eigenvalue weighted by Gasteiger charge is -2.26. The minimum Gasteiger partial charge on any atom is -0.456 e. The van der Waals surface area contributed by atoms with Crippen molar-refractivity contribution in [2.45, 2.75) is 0 Å². The molecule has 2 heterocycles. The molecule has 11 rings (SSSR count). The minimum absolute atomic E-state index is 0.0458. The van der Waals surface area contributed by atoms with E-state index in [9.17, 15) is 0 Å². The van der Waals surface area contributed by atoms with Gasteiger partial charge in [0, 0.05) is 44.5 Å². The molecule has 0 unspecified atom stereocenters. The molecule has 0 saturated carbocycles. The van der Waals surface area contributed by atoms with Gasteiger partial charge in [0.15, 0.2) is 17.5 Å². The van der Waals surface area contributed by atoms with Gasteiger partial charge in [0.2, 0.25) is 0 Å². The summed E-state index contributed by atoms with van der Waals surface area (Å²) >= 11 is 0. The number of aromatic nitrogens is 3. The second kappa shape index (κ2) is 16.0. The van der Waals surface area contributed by atoms with Crippen molar-refractivity contribution in [1.29, 1.82) is 0 Å². The highest BCUT2D eigenvalue weighted by atomic mass is 16.3. The van der Waals surface area contributed by atoms with E-state index in [1.54, 1.807) is 18.2 Å². The van der Waals surface area contributed by atoms with Crippen molar-refractivity contribution in [2.24, 2.45) is 0 Å². The van der Waals surface area contributed by atoms with Gasteiger partial charge in [0.25, 0.3) is 0 Å². The minimum atomic E-state index is -0.620. The summed E-state index contributed by atoms with van der Waals surface area (Å²) in [4.78, 5) is 16.0. The van der Waals surface area contributed by atoms with Crippen molar-refractivity contribution in [1.82, 2.24) is 15.0 Å². The van der Waals surface area contributed by atoms with Crippen LogP contribution in [0.4, 0.5) is 17.1 Å². The third-order valence-corrected chi connectivity index (χ3v) is 10.7. The number of hydrogen-bond acceptors (Lipinski definition) is 5. The van der Waals surface area contributed by atoms with E-state index in [0.29, 0.717) is 27.5 Å². The zero-order valence-electron chi connectivity index (χ0n) is 42.9. The first-order valence-corrected chi connectivity index (χ1v) is 19.9. The summed E-state index contributed by atoms with van der Waals surface area (Å²) in [5.74, 6) is -0.738. The van der Waals surface area contributed by atoms with Crippen LogP contribution < -0.4 is 4.90 Å². The topological polar surface area (TPSA) is 55.1 Å². The van der Waals surface area contributed by atoms with Crippen LogP contribution in [0.1, 0.15) is 13.7 Å². The first kappa shape index (κ1) is 27.4. The molecule has 0 spiro atoms. The summed E-state index contributed by atoms with van der Waals surface area (Å²) < 4.78 is 91.3. The smallest absolute Gasteiger partial charge is 0.164 e. The van der Waals surface area contributed by atoms with Gasteiger partial charge in [-0.1, -0.05) is 176 Å². The number of benzene rings is 9. The van der Waals surface area contributed by atoms with Crippen LogP contribution in [0.15, 0.2) is 235 Å². The zero-order valence-corrected chi connectivity index (χ0v) is 32.9. The van der Waals surface area contributed by atoms with Crippen molar-refractivity contribution in [3.05, 3.63) is 230 Å². The Hall–Kier alpha value is -8.41. The lowest BCUT2D eigenvalue weighted by Crippen LogP contribution is -2.09. The summed E-state index contributed by atoms with van der Waals surface area (Å²) in [6.45, 7) is 0. The maximum absolute atomic E-state index is 8.74. The fourth-order valence-corrected chi connectivity index (χ4v) is 7.75. The fraction of sp³-hybridized carbons (Fsp3) is 0. The van der Waals surface area contributed by atoms with E-state index in [1.807, 2.05) is 54.6 Å². The molecule has 2 aromatic heterocycles. The summed E-state index contributed by atoms with van der Waals surface area (Å²) in [6, 6.07) is 51.0. The van der Waals surface area contributed by atoms with Crippen molar-refractivity contribution >= 4 is 39.0 Å². The Bertz CT molecular complexity index is 3680. The first-order chi connectivity index (χ1) is 34.9. The van der Waals surface area contributed by atoms with E-state index in [0.717, 1.165) is 50.4 Å². The van der Waals surface area contributed by atoms with Crippen LogP contribution in [-0.4, -0.2) is 15.0 Å². The van der Waals surface area contributed by atoms with Crippen LogP contribution in [0, 0.1) is 0 Å². The molecule has 0 saturated heterocycles. The molecule has 11 aromatic rings. The van der Waals surface area contributed by atoms with Crippen LogP contribution >= 0.6 is 0 Å². The van der Waals surface area contributed by atoms with Crippen LogP contribution in [0.3, 0.4) is 0 Å². The Labute approximate surface area is 374 Å². The van der Waals surface area contributed by atoms with Crippen LogP contribution in [0.25, 0.3) is 89.5 Å². The molecule has 0 aliphatic carbocycles. The van der Waals surface area contributed by atoms with Gasteiger partial charge < -0.3 is 9.32 Å². The van der Waals surface area contributed by atoms with Crippen molar-refractivity contribution in [3.8, 4) is 67.5 Å². The molecule has 0 atom stereocenters. The summed E-state index contributed by atoms with van der Waals surface area (Å²) in [5.41, 5.74) is 10.00. The maximum atomic E-state index is 8.74. The molecule has 0 aliphatic heterocycles. The first-order valence-electron chi connectivity index (χ1n) is 24.9. The third kappa shape index (κ3) is 7.08. The standard InChI is InChI=1S/C57H38N4O/c1-5-14-39(15-6-1)41-24-31-47(32-25-41)61(48-33-26-42(27-34-48)40-16-7-2-8-17-40)49-35-28-43(29-36-49)46-30-37-50-53(38-46)62-52-23-13-22-51(54(50)52)57-59-55(44-18-9-3-10-19-44)58-56(60-57)45-20-11-4-12-21-45/h1-38H/i3D,4D,9D,10D,11D,12D,18D,19D,20D,21D. The Kier molecular flexibility index (Phi) is 7.05. The normalized spacial score (nSPS) is 13.5. The number of furan rings is 1. The van der Waals surface area contributed by atoms with Crippen LogP contribution in [0.5, 0.6) is 0 Å². The molecular formula is C57H38N4O. The largest absolute Gasteiger partial charge is 0.456 e. The lowest BCUT2D eigenvalue weighted by molar-refractivity contribution is 0.669. The number of anilines is 3. The van der Waals surface area contributed by atoms with Gasteiger partial charge in [-0.3, -0.25) is 0 Å². The second-order valence-electron chi connectivity index (χ2n) is 14.5. The van der Waals surface area contributed by atoms with E-state index in [2.05, 4.69) is 117 Å². The molecular weight excluding hydrogens is 757 g/mol. The Morgan fingerprint density at radius 3 is 1.29 bits per heavy atom. The van der Waals surface area contributed by atoms with Crippen molar-refractivity contribution in [2.75, 3.05) is 4.90 Å². The quantitative estimate of drug-likeness (QED) is 0.145. The number of nitrogens with zero attached hydrogens (tertiary/aromatic N) is 4. The number of hydrogen-bond donors (Lipinski definition) is 0. The highest BCUT2D eigenvalue weighted by Crippen LogP contribution is 2.40. The van der Waals surface area contributed by atoms with Crippen LogP contribution in [0.2, 0.25) is 0 Å². The van der Waals surface area contributed by atoms with Gasteiger partial charge in [0.05, 0.1) is 13.7 Å². The van der Waals surface area contributed by atoms with Gasteiger partial charge in [-0.05, 0) is 88.0 Å². The second-order valence-corrected chi connectivity index (χ2v) is 14.5. The van der Waals surface area contributed by atoms with Gasteiger partial charge in [0.1, 0.15) is 11.2 Å². The van der Waals surface area contributed by atoms with E-state index < -0.39 is 60.4 Å². The van der Waals surface area contributed by atoms with Gasteiger partial charge in [-0.2, -0.15) is 0 Å². The SMILES string of the molecule is [2H]c1c([2H])c([2H])c(-c2nc(-c3c([2H])c([2H])c([2H])c([2H])c3[2H])nc(-c3cccc4oc5cc(-c6ccc(N(c7ccc(-c8ccccc8)cc7)c7ccc(-c8ccccc8)cc7)cc6)ccc5c34)n2)c([2H])c1[2H]. The lowest BCUT2D eigenvalue weighted by atomic mass is 10.0. The monoisotopic (exact) mass is 804 g/mol. The Morgan fingerprint density at radius 1 is 0.355 bits per heavy atom. The fourth-order valence-electron chi connectivity index (χ4n) is 7.75. The molecule has 0 aliphatic rings. The molecule has 0 N–H and O–H groups in total. The predicted octanol–water partition coefficient (Wildman–Crippen LogP) is 15.2. The van der Waals surface area contributed by atoms with Gasteiger partial charge in [-0.25, -0.2) is 15.0 Å². The zero-order chi connectivity index (χ0) is 49.9. The molecule has 0 bridgehead atoms. The number of rotatable bonds is 9. The third-order valence-electron chi connectivity index (χ3n) is 10.7. The Balaban J connectivity index is 0.997. The summed E-state index contributed by atoms with van der Waals surface area (Å²) in [6.07, 6.45) is 0. The summed E-state index contributed by atoms with van der Waals surface area (Å²) in [5, 5.41) is 1.28. The average molecular weight is 805 g/mol. The maximum Gasteiger partial charge on any atom is 0.164 e. The molecule has 5 heteroatoms. The van der Waals surface area contributed by atoms with Crippen molar-refractivity contribution in [3.63, 3.8) is 0 Å². The highest BCUT2D eigenvalue weighted by molar-refractivity contribution is 6.12. The van der Waals surface area contributed by atoms with E-state index in [1.165, 1.54) is 0 Å². The average Bonchev–Trinajstić information content (AvgIpc) is 3.80. The van der Waals surface area contributed by atoms with Gasteiger partial charge in [-0.15, -0.1) is 0 Å². The summed E-state index contributed by atoms with van der Waals surface area (Å²) in [7, 11) is 0. The van der Waals surface area contributed by atoms with E-state index in [-0.39, 0.29) is 28.6 Å². The molecule has 9 aromatic carbocycles. The Morgan fingerprint density at radius 2 is 0.790 bits per heavy atom.